The second-order valence-corrected chi connectivity index (χ2v) is 5.88. The maximum atomic E-state index is 12.6. The van der Waals surface area contributed by atoms with Crippen molar-refractivity contribution in [3.05, 3.63) is 29.8 Å². The summed E-state index contributed by atoms with van der Waals surface area (Å²) in [6, 6.07) is 6.75. The number of hydrogen-bond donors (Lipinski definition) is 1. The molecule has 1 aromatic rings. The van der Waals surface area contributed by atoms with Gasteiger partial charge < -0.3 is 14.8 Å². The van der Waals surface area contributed by atoms with Crippen LogP contribution in [0.4, 0.5) is 4.79 Å². The van der Waals surface area contributed by atoms with Crippen molar-refractivity contribution in [3.63, 3.8) is 0 Å². The lowest BCUT2D eigenvalue weighted by atomic mass is 9.68. The van der Waals surface area contributed by atoms with Crippen LogP contribution in [0.1, 0.15) is 18.4 Å². The van der Waals surface area contributed by atoms with E-state index in [0.717, 1.165) is 5.56 Å². The van der Waals surface area contributed by atoms with Gasteiger partial charge in [-0.25, -0.2) is 4.79 Å². The number of hydrogen-bond acceptors (Lipinski definition) is 5. The molecule has 3 amide bonds. The molecular formula is C16H18N2O5. The van der Waals surface area contributed by atoms with E-state index in [1.165, 1.54) is 12.0 Å². The Kier molecular flexibility index (Phi) is 3.71. The minimum atomic E-state index is -0.942. The number of amides is 3. The van der Waals surface area contributed by atoms with Crippen molar-refractivity contribution in [1.29, 1.82) is 0 Å². The SMILES string of the molecule is COC(=O)C1CC2(C1)NC(=O)N(Cc1ccc(OC)cc1)C2=O. The summed E-state index contributed by atoms with van der Waals surface area (Å²) >= 11 is 0. The number of urea groups is 1. The quantitative estimate of drug-likeness (QED) is 0.663. The predicted octanol–water partition coefficient (Wildman–Crippen LogP) is 1.07. The van der Waals surface area contributed by atoms with Gasteiger partial charge in [-0.1, -0.05) is 12.1 Å². The van der Waals surface area contributed by atoms with E-state index < -0.39 is 11.6 Å². The molecule has 1 aliphatic carbocycles. The maximum Gasteiger partial charge on any atom is 0.325 e. The van der Waals surface area contributed by atoms with Crippen LogP contribution in [0.15, 0.2) is 24.3 Å². The molecule has 0 aromatic heterocycles. The molecule has 0 atom stereocenters. The van der Waals surface area contributed by atoms with Gasteiger partial charge in [0.05, 0.1) is 26.7 Å². The van der Waals surface area contributed by atoms with Crippen molar-refractivity contribution in [1.82, 2.24) is 10.2 Å². The summed E-state index contributed by atoms with van der Waals surface area (Å²) in [5.41, 5.74) is -0.113. The first-order valence-corrected chi connectivity index (χ1v) is 7.34. The molecule has 1 N–H and O–H groups in total. The normalized spacial score (nSPS) is 26.0. The molecule has 23 heavy (non-hydrogen) atoms. The fraction of sp³-hybridized carbons (Fsp3) is 0.438. The van der Waals surface area contributed by atoms with Gasteiger partial charge in [0.25, 0.3) is 5.91 Å². The summed E-state index contributed by atoms with van der Waals surface area (Å²) in [4.78, 5) is 37.4. The molecule has 1 saturated carbocycles. The average Bonchev–Trinajstić information content (AvgIpc) is 2.78. The zero-order chi connectivity index (χ0) is 16.6. The fourth-order valence-corrected chi connectivity index (χ4v) is 3.12. The van der Waals surface area contributed by atoms with Gasteiger partial charge in [0.15, 0.2) is 0 Å². The number of carbonyl (C=O) groups excluding carboxylic acids is 3. The summed E-state index contributed by atoms with van der Waals surface area (Å²) in [7, 11) is 2.89. The third-order valence-electron chi connectivity index (χ3n) is 4.47. The zero-order valence-electron chi connectivity index (χ0n) is 13.0. The second-order valence-electron chi connectivity index (χ2n) is 5.88. The summed E-state index contributed by atoms with van der Waals surface area (Å²) < 4.78 is 9.76. The Morgan fingerprint density at radius 3 is 2.48 bits per heavy atom. The number of nitrogens with zero attached hydrogens (tertiary/aromatic N) is 1. The molecule has 0 bridgehead atoms. The molecule has 1 saturated heterocycles. The van der Waals surface area contributed by atoms with E-state index in [9.17, 15) is 14.4 Å². The van der Waals surface area contributed by atoms with Crippen LogP contribution in [-0.2, 0) is 20.9 Å². The van der Waals surface area contributed by atoms with Crippen LogP contribution in [0.2, 0.25) is 0 Å². The minimum absolute atomic E-state index is 0.194. The molecule has 1 spiro atoms. The highest BCUT2D eigenvalue weighted by molar-refractivity contribution is 6.08. The molecular weight excluding hydrogens is 300 g/mol. The lowest BCUT2D eigenvalue weighted by molar-refractivity contribution is -0.154. The fourth-order valence-electron chi connectivity index (χ4n) is 3.12. The number of imide groups is 1. The van der Waals surface area contributed by atoms with Gasteiger partial charge in [0.2, 0.25) is 0 Å². The second kappa shape index (κ2) is 5.57. The van der Waals surface area contributed by atoms with Crippen molar-refractivity contribution in [2.75, 3.05) is 14.2 Å². The molecule has 7 heteroatoms. The number of carbonyl (C=O) groups is 3. The molecule has 2 fully saturated rings. The first-order chi connectivity index (χ1) is 11.0. The molecule has 1 aromatic carbocycles. The molecule has 3 rings (SSSR count). The number of benzene rings is 1. The zero-order valence-corrected chi connectivity index (χ0v) is 13.0. The molecule has 0 unspecified atom stereocenters. The van der Waals surface area contributed by atoms with E-state index in [0.29, 0.717) is 18.6 Å². The highest BCUT2D eigenvalue weighted by atomic mass is 16.5. The molecule has 122 valence electrons. The molecule has 7 nitrogen and oxygen atoms in total. The lowest BCUT2D eigenvalue weighted by Gasteiger charge is -2.40. The van der Waals surface area contributed by atoms with Gasteiger partial charge in [-0.15, -0.1) is 0 Å². The van der Waals surface area contributed by atoms with Gasteiger partial charge in [0.1, 0.15) is 11.3 Å². The Bertz CT molecular complexity index is 649. The van der Waals surface area contributed by atoms with Gasteiger partial charge in [-0.2, -0.15) is 0 Å². The Morgan fingerprint density at radius 2 is 1.91 bits per heavy atom. The lowest BCUT2D eigenvalue weighted by Crippen LogP contribution is -2.58. The molecule has 2 aliphatic rings. The van der Waals surface area contributed by atoms with Crippen molar-refractivity contribution in [2.45, 2.75) is 24.9 Å². The first kappa shape index (κ1) is 15.3. The van der Waals surface area contributed by atoms with E-state index in [1.807, 2.05) is 12.1 Å². The Morgan fingerprint density at radius 1 is 1.26 bits per heavy atom. The van der Waals surface area contributed by atoms with Gasteiger partial charge in [-0.3, -0.25) is 14.5 Å². The highest BCUT2D eigenvalue weighted by Gasteiger charge is 2.60. The van der Waals surface area contributed by atoms with Crippen molar-refractivity contribution in [2.24, 2.45) is 5.92 Å². The Labute approximate surface area is 133 Å². The van der Waals surface area contributed by atoms with Crippen molar-refractivity contribution in [3.8, 4) is 5.75 Å². The van der Waals surface area contributed by atoms with Gasteiger partial charge in [0, 0.05) is 0 Å². The number of esters is 1. The topological polar surface area (TPSA) is 84.9 Å². The maximum absolute atomic E-state index is 12.6. The third kappa shape index (κ3) is 2.52. The van der Waals surface area contributed by atoms with Crippen molar-refractivity contribution < 1.29 is 23.9 Å². The number of methoxy groups -OCH3 is 2. The van der Waals surface area contributed by atoms with Crippen LogP contribution in [0, 0.1) is 5.92 Å². The third-order valence-corrected chi connectivity index (χ3v) is 4.47. The Balaban J connectivity index is 1.69. The minimum Gasteiger partial charge on any atom is -0.497 e. The van der Waals surface area contributed by atoms with E-state index in [1.54, 1.807) is 19.2 Å². The Hall–Kier alpha value is -2.57. The van der Waals surface area contributed by atoms with Crippen LogP contribution < -0.4 is 10.1 Å². The standard InChI is InChI=1S/C16H18N2O5/c1-22-12-5-3-10(4-6-12)9-18-14(20)16(17-15(18)21)7-11(8-16)13(19)23-2/h3-6,11H,7-9H2,1-2H3,(H,17,21). The van der Waals surface area contributed by atoms with Crippen molar-refractivity contribution >= 4 is 17.9 Å². The highest BCUT2D eigenvalue weighted by Crippen LogP contribution is 2.43. The predicted molar refractivity (Wildman–Crippen MR) is 79.5 cm³/mol. The van der Waals surface area contributed by atoms with Crippen LogP contribution in [0.5, 0.6) is 5.75 Å². The number of nitrogens with one attached hydrogen (secondary N) is 1. The van der Waals surface area contributed by atoms with Crippen LogP contribution >= 0.6 is 0 Å². The van der Waals surface area contributed by atoms with Crippen LogP contribution in [0.25, 0.3) is 0 Å². The molecule has 1 heterocycles. The summed E-state index contributed by atoms with van der Waals surface area (Å²) in [6.07, 6.45) is 0.590. The van der Waals surface area contributed by atoms with Crippen LogP contribution in [0.3, 0.4) is 0 Å². The largest absolute Gasteiger partial charge is 0.497 e. The smallest absolute Gasteiger partial charge is 0.325 e. The van der Waals surface area contributed by atoms with Gasteiger partial charge in [-0.05, 0) is 30.5 Å². The summed E-state index contributed by atoms with van der Waals surface area (Å²) in [5, 5.41) is 2.72. The molecule has 1 aliphatic heterocycles. The van der Waals surface area contributed by atoms with E-state index in [2.05, 4.69) is 10.1 Å². The first-order valence-electron chi connectivity index (χ1n) is 7.34. The van der Waals surface area contributed by atoms with E-state index in [4.69, 9.17) is 4.74 Å². The number of ether oxygens (including phenoxy) is 2. The monoisotopic (exact) mass is 318 g/mol. The molecule has 0 radical (unpaired) electrons. The van der Waals surface area contributed by atoms with E-state index in [-0.39, 0.29) is 24.3 Å². The average molecular weight is 318 g/mol. The van der Waals surface area contributed by atoms with Crippen LogP contribution in [-0.4, -0.2) is 42.6 Å². The van der Waals surface area contributed by atoms with Gasteiger partial charge >= 0.3 is 12.0 Å². The summed E-state index contributed by atoms with van der Waals surface area (Å²) in [5.74, 6) is -0.239. The summed E-state index contributed by atoms with van der Waals surface area (Å²) in [6.45, 7) is 0.194. The van der Waals surface area contributed by atoms with E-state index >= 15 is 0 Å². The number of rotatable bonds is 4.